The lowest BCUT2D eigenvalue weighted by atomic mass is 10.1. The second kappa shape index (κ2) is 3.71. The number of hydrogen-bond acceptors (Lipinski definition) is 3. The minimum Gasteiger partial charge on any atom is -0.387 e. The molecule has 0 radical (unpaired) electrons. The van der Waals surface area contributed by atoms with Gasteiger partial charge in [0, 0.05) is 12.1 Å². The first-order valence-corrected chi connectivity index (χ1v) is 6.54. The molecule has 1 heterocycles. The van der Waals surface area contributed by atoms with E-state index in [-0.39, 0.29) is 6.54 Å². The number of hydrogen-bond donors (Lipinski definition) is 1. The van der Waals surface area contributed by atoms with Gasteiger partial charge in [0.05, 0.1) is 17.5 Å². The van der Waals surface area contributed by atoms with Gasteiger partial charge in [0.1, 0.15) is 5.82 Å². The molecule has 1 atom stereocenters. The van der Waals surface area contributed by atoms with Gasteiger partial charge < -0.3 is 5.11 Å². The van der Waals surface area contributed by atoms with Crippen molar-refractivity contribution in [3.63, 3.8) is 0 Å². The van der Waals surface area contributed by atoms with Crippen molar-refractivity contribution in [2.24, 2.45) is 0 Å². The Bertz CT molecular complexity index is 515. The predicted molar refractivity (Wildman–Crippen MR) is 58.2 cm³/mol. The minimum atomic E-state index is -3.49. The molecule has 0 unspecified atom stereocenters. The van der Waals surface area contributed by atoms with Crippen LogP contribution in [0.15, 0.2) is 18.2 Å². The van der Waals surface area contributed by atoms with Crippen molar-refractivity contribution >= 4 is 15.7 Å². The fourth-order valence-corrected chi connectivity index (χ4v) is 3.53. The van der Waals surface area contributed by atoms with Crippen LogP contribution in [0.1, 0.15) is 18.6 Å². The second-order valence-corrected chi connectivity index (χ2v) is 5.60. The van der Waals surface area contributed by atoms with Crippen LogP contribution in [0, 0.1) is 5.82 Å². The summed E-state index contributed by atoms with van der Waals surface area (Å²) >= 11 is 0. The highest BCUT2D eigenvalue weighted by molar-refractivity contribution is 7.92. The Balaban J connectivity index is 2.63. The van der Waals surface area contributed by atoms with Crippen molar-refractivity contribution in [2.45, 2.75) is 13.0 Å². The number of fused-ring (bicyclic) bond motifs is 1. The first kappa shape index (κ1) is 11.3. The van der Waals surface area contributed by atoms with Crippen LogP contribution >= 0.6 is 0 Å². The third-order valence-electron chi connectivity index (χ3n) is 2.61. The van der Waals surface area contributed by atoms with E-state index in [1.165, 1.54) is 22.5 Å². The van der Waals surface area contributed by atoms with Crippen LogP contribution in [0.4, 0.5) is 10.1 Å². The average Bonchev–Trinajstić information content (AvgIpc) is 2.18. The van der Waals surface area contributed by atoms with E-state index >= 15 is 0 Å². The van der Waals surface area contributed by atoms with Crippen molar-refractivity contribution in [3.8, 4) is 0 Å². The Morgan fingerprint density at radius 3 is 2.88 bits per heavy atom. The first-order valence-electron chi connectivity index (χ1n) is 4.93. The molecule has 1 aliphatic heterocycles. The van der Waals surface area contributed by atoms with E-state index in [1.54, 1.807) is 6.92 Å². The Morgan fingerprint density at radius 2 is 2.25 bits per heavy atom. The number of halogens is 1. The summed E-state index contributed by atoms with van der Waals surface area (Å²) in [6, 6.07) is 3.75. The summed E-state index contributed by atoms with van der Waals surface area (Å²) < 4.78 is 37.7. The van der Waals surface area contributed by atoms with Crippen LogP contribution in [0.3, 0.4) is 0 Å². The fourth-order valence-electron chi connectivity index (χ4n) is 1.92. The molecule has 16 heavy (non-hydrogen) atoms. The summed E-state index contributed by atoms with van der Waals surface area (Å²) in [5.41, 5.74) is 0.694. The lowest BCUT2D eigenvalue weighted by Crippen LogP contribution is -2.39. The Kier molecular flexibility index (Phi) is 2.63. The molecule has 0 aromatic heterocycles. The van der Waals surface area contributed by atoms with Crippen LogP contribution in [0.2, 0.25) is 0 Å². The predicted octanol–water partition coefficient (Wildman–Crippen LogP) is 1.03. The monoisotopic (exact) mass is 245 g/mol. The third-order valence-corrected chi connectivity index (χ3v) is 4.47. The maximum atomic E-state index is 13.0. The van der Waals surface area contributed by atoms with E-state index in [0.717, 1.165) is 0 Å². The van der Waals surface area contributed by atoms with Gasteiger partial charge in [0.2, 0.25) is 10.0 Å². The quantitative estimate of drug-likeness (QED) is 0.804. The average molecular weight is 245 g/mol. The molecule has 0 spiro atoms. The Labute approximate surface area is 93.4 Å². The summed E-state index contributed by atoms with van der Waals surface area (Å²) in [5.74, 6) is -0.870. The zero-order valence-corrected chi connectivity index (χ0v) is 9.54. The summed E-state index contributed by atoms with van der Waals surface area (Å²) in [5, 5.41) is 9.66. The Hall–Kier alpha value is -1.14. The fraction of sp³-hybridized carbons (Fsp3) is 0.400. The van der Waals surface area contributed by atoms with Gasteiger partial charge in [0.15, 0.2) is 0 Å². The van der Waals surface area contributed by atoms with Crippen molar-refractivity contribution in [1.82, 2.24) is 0 Å². The van der Waals surface area contributed by atoms with Gasteiger partial charge in [-0.25, -0.2) is 12.8 Å². The molecule has 0 saturated heterocycles. The molecule has 4 nitrogen and oxygen atoms in total. The molecule has 88 valence electrons. The maximum Gasteiger partial charge on any atom is 0.238 e. The molecule has 1 N–H and O–H groups in total. The van der Waals surface area contributed by atoms with Crippen molar-refractivity contribution in [3.05, 3.63) is 29.6 Å². The van der Waals surface area contributed by atoms with Crippen LogP contribution in [-0.4, -0.2) is 25.8 Å². The highest BCUT2D eigenvalue weighted by Crippen LogP contribution is 2.35. The molecular weight excluding hydrogens is 233 g/mol. The zero-order valence-electron chi connectivity index (χ0n) is 8.72. The highest BCUT2D eigenvalue weighted by atomic mass is 32.2. The lowest BCUT2D eigenvalue weighted by Gasteiger charge is -2.32. The van der Waals surface area contributed by atoms with Crippen molar-refractivity contribution in [1.29, 1.82) is 0 Å². The van der Waals surface area contributed by atoms with Crippen LogP contribution in [0.25, 0.3) is 0 Å². The van der Waals surface area contributed by atoms with Crippen molar-refractivity contribution in [2.75, 3.05) is 16.6 Å². The molecule has 2 rings (SSSR count). The van der Waals surface area contributed by atoms with Crippen LogP contribution in [0.5, 0.6) is 0 Å². The normalized spacial score (nSPS) is 22.9. The molecular formula is C10H12FNO3S. The summed E-state index contributed by atoms with van der Waals surface area (Å²) in [6.07, 6.45) is -1.15. The first-order chi connectivity index (χ1) is 7.45. The van der Waals surface area contributed by atoms with E-state index in [4.69, 9.17) is 0 Å². The number of rotatable bonds is 1. The van der Waals surface area contributed by atoms with Crippen LogP contribution in [-0.2, 0) is 10.0 Å². The van der Waals surface area contributed by atoms with Gasteiger partial charge in [-0.1, -0.05) is 0 Å². The largest absolute Gasteiger partial charge is 0.387 e. The molecule has 0 bridgehead atoms. The molecule has 0 saturated carbocycles. The second-order valence-electron chi connectivity index (χ2n) is 3.66. The standard InChI is InChI=1S/C10H12FNO3S/c1-2-12-9-4-3-7(11)5-8(9)10(13)6-16(12,14)15/h3-5,10,13H,2,6H2,1H3/t10-/m0/s1. The molecule has 6 heteroatoms. The van der Waals surface area contributed by atoms with E-state index in [0.29, 0.717) is 11.3 Å². The van der Waals surface area contributed by atoms with Crippen molar-refractivity contribution < 1.29 is 17.9 Å². The summed E-state index contributed by atoms with van der Waals surface area (Å²) in [7, 11) is -3.49. The van der Waals surface area contributed by atoms with Gasteiger partial charge in [0.25, 0.3) is 0 Å². The SMILES string of the molecule is CCN1c2ccc(F)cc2[C@@H](O)CS1(=O)=O. The summed E-state index contributed by atoms with van der Waals surface area (Å²) in [4.78, 5) is 0. The zero-order chi connectivity index (χ0) is 11.9. The molecule has 1 aromatic rings. The van der Waals surface area contributed by atoms with Gasteiger partial charge in [-0.15, -0.1) is 0 Å². The van der Waals surface area contributed by atoms with E-state index in [9.17, 15) is 17.9 Å². The molecule has 0 aliphatic carbocycles. The molecule has 0 amide bonds. The van der Waals surface area contributed by atoms with Gasteiger partial charge in [-0.2, -0.15) is 0 Å². The number of sulfonamides is 1. The summed E-state index contributed by atoms with van der Waals surface area (Å²) in [6.45, 7) is 1.97. The number of aliphatic hydroxyl groups is 1. The number of nitrogens with zero attached hydrogens (tertiary/aromatic N) is 1. The minimum absolute atomic E-state index is 0.272. The molecule has 1 aromatic carbocycles. The molecule has 0 fully saturated rings. The highest BCUT2D eigenvalue weighted by Gasteiger charge is 2.34. The number of aliphatic hydroxyl groups excluding tert-OH is 1. The number of anilines is 1. The number of benzene rings is 1. The van der Waals surface area contributed by atoms with Gasteiger partial charge in [-0.3, -0.25) is 4.31 Å². The van der Waals surface area contributed by atoms with E-state index in [2.05, 4.69) is 0 Å². The van der Waals surface area contributed by atoms with E-state index in [1.807, 2.05) is 0 Å². The topological polar surface area (TPSA) is 57.6 Å². The van der Waals surface area contributed by atoms with Gasteiger partial charge in [-0.05, 0) is 25.1 Å². The van der Waals surface area contributed by atoms with Crippen LogP contribution < -0.4 is 4.31 Å². The van der Waals surface area contributed by atoms with Gasteiger partial charge >= 0.3 is 0 Å². The Morgan fingerprint density at radius 1 is 1.56 bits per heavy atom. The molecule has 1 aliphatic rings. The smallest absolute Gasteiger partial charge is 0.238 e. The maximum absolute atomic E-state index is 13.0. The lowest BCUT2D eigenvalue weighted by molar-refractivity contribution is 0.199. The third kappa shape index (κ3) is 1.68. The van der Waals surface area contributed by atoms with E-state index < -0.39 is 27.7 Å².